The van der Waals surface area contributed by atoms with E-state index in [-0.39, 0.29) is 5.75 Å². The normalized spacial score (nSPS) is 10.5. The van der Waals surface area contributed by atoms with E-state index in [1.54, 1.807) is 18.2 Å². The van der Waals surface area contributed by atoms with Crippen LogP contribution in [0.1, 0.15) is 5.56 Å². The van der Waals surface area contributed by atoms with Crippen molar-refractivity contribution in [2.75, 3.05) is 5.32 Å². The van der Waals surface area contributed by atoms with Crippen LogP contribution in [0.15, 0.2) is 48.5 Å². The molecule has 2 rings (SSSR count). The van der Waals surface area contributed by atoms with Gasteiger partial charge in [-0.3, -0.25) is 0 Å². The molecule has 0 atom stereocenters. The molecular formula is C14H12F2INO. The maximum Gasteiger partial charge on any atom is 0.387 e. The molecule has 100 valence electrons. The molecule has 0 heterocycles. The van der Waals surface area contributed by atoms with Crippen molar-refractivity contribution in [1.82, 2.24) is 0 Å². The van der Waals surface area contributed by atoms with Crippen LogP contribution < -0.4 is 10.1 Å². The first-order valence-electron chi connectivity index (χ1n) is 5.67. The molecular weight excluding hydrogens is 363 g/mol. The average Bonchev–Trinajstić information content (AvgIpc) is 2.39. The van der Waals surface area contributed by atoms with Crippen LogP contribution in [0.4, 0.5) is 14.5 Å². The lowest BCUT2D eigenvalue weighted by molar-refractivity contribution is -0.0493. The highest BCUT2D eigenvalue weighted by Gasteiger charge is 2.08. The molecule has 0 spiro atoms. The molecule has 1 N–H and O–H groups in total. The second kappa shape index (κ2) is 6.70. The van der Waals surface area contributed by atoms with Crippen molar-refractivity contribution in [3.8, 4) is 5.75 Å². The molecule has 2 aromatic carbocycles. The lowest BCUT2D eigenvalue weighted by atomic mass is 10.2. The highest BCUT2D eigenvalue weighted by molar-refractivity contribution is 14.1. The van der Waals surface area contributed by atoms with E-state index in [0.717, 1.165) is 9.13 Å². The van der Waals surface area contributed by atoms with E-state index in [2.05, 4.69) is 32.6 Å². The molecule has 0 aliphatic heterocycles. The molecule has 0 amide bonds. The van der Waals surface area contributed by atoms with Gasteiger partial charge in [0.05, 0.1) is 5.69 Å². The van der Waals surface area contributed by atoms with E-state index in [4.69, 9.17) is 0 Å². The highest BCUT2D eigenvalue weighted by Crippen LogP contribution is 2.26. The van der Waals surface area contributed by atoms with E-state index < -0.39 is 6.61 Å². The van der Waals surface area contributed by atoms with Crippen molar-refractivity contribution in [3.63, 3.8) is 0 Å². The maximum atomic E-state index is 12.3. The molecule has 5 heteroatoms. The zero-order valence-corrected chi connectivity index (χ0v) is 12.1. The summed E-state index contributed by atoms with van der Waals surface area (Å²) in [5.41, 5.74) is 1.63. The lowest BCUT2D eigenvalue weighted by Crippen LogP contribution is -2.06. The summed E-state index contributed by atoms with van der Waals surface area (Å²) in [4.78, 5) is 0. The molecule has 0 aliphatic rings. The SMILES string of the molecule is FC(F)Oc1ccccc1NCc1ccc(I)cc1. The van der Waals surface area contributed by atoms with Gasteiger partial charge in [0.1, 0.15) is 5.75 Å². The van der Waals surface area contributed by atoms with Gasteiger partial charge < -0.3 is 10.1 Å². The van der Waals surface area contributed by atoms with Gasteiger partial charge in [0.2, 0.25) is 0 Å². The monoisotopic (exact) mass is 375 g/mol. The number of nitrogens with one attached hydrogen (secondary N) is 1. The van der Waals surface area contributed by atoms with Crippen LogP contribution in [0, 0.1) is 3.57 Å². The number of benzene rings is 2. The summed E-state index contributed by atoms with van der Waals surface area (Å²) in [5.74, 6) is 0.156. The van der Waals surface area contributed by atoms with Gasteiger partial charge in [-0.05, 0) is 52.4 Å². The van der Waals surface area contributed by atoms with E-state index >= 15 is 0 Å². The quantitative estimate of drug-likeness (QED) is 0.777. The van der Waals surface area contributed by atoms with Crippen molar-refractivity contribution in [2.45, 2.75) is 13.2 Å². The topological polar surface area (TPSA) is 21.3 Å². The van der Waals surface area contributed by atoms with Crippen LogP contribution in [-0.2, 0) is 6.54 Å². The second-order valence-corrected chi connectivity index (χ2v) is 5.10. The van der Waals surface area contributed by atoms with Gasteiger partial charge in [-0.1, -0.05) is 24.3 Å². The summed E-state index contributed by atoms with van der Waals surface area (Å²) < 4.78 is 30.1. The Morgan fingerprint density at radius 2 is 1.74 bits per heavy atom. The van der Waals surface area contributed by atoms with Crippen LogP contribution in [0.25, 0.3) is 0 Å². The van der Waals surface area contributed by atoms with Gasteiger partial charge in [-0.15, -0.1) is 0 Å². The number of hydrogen-bond acceptors (Lipinski definition) is 2. The van der Waals surface area contributed by atoms with Crippen molar-refractivity contribution < 1.29 is 13.5 Å². The molecule has 0 aromatic heterocycles. The van der Waals surface area contributed by atoms with Crippen LogP contribution in [0.2, 0.25) is 0 Å². The predicted molar refractivity (Wildman–Crippen MR) is 79.6 cm³/mol. The number of anilines is 1. The fourth-order valence-electron chi connectivity index (χ4n) is 1.61. The average molecular weight is 375 g/mol. The number of para-hydroxylation sites is 2. The third kappa shape index (κ3) is 4.34. The Kier molecular flexibility index (Phi) is 4.95. The summed E-state index contributed by atoms with van der Waals surface area (Å²) in [6, 6.07) is 14.6. The summed E-state index contributed by atoms with van der Waals surface area (Å²) in [6.45, 7) is -2.26. The number of alkyl halides is 2. The van der Waals surface area contributed by atoms with E-state index in [9.17, 15) is 8.78 Å². The Morgan fingerprint density at radius 3 is 2.42 bits per heavy atom. The Labute approximate surface area is 123 Å². The Bertz CT molecular complexity index is 531. The molecule has 0 aliphatic carbocycles. The molecule has 19 heavy (non-hydrogen) atoms. The van der Waals surface area contributed by atoms with Crippen LogP contribution in [-0.4, -0.2) is 6.61 Å². The molecule has 0 fully saturated rings. The molecule has 0 bridgehead atoms. The number of halogens is 3. The van der Waals surface area contributed by atoms with E-state index in [0.29, 0.717) is 12.2 Å². The van der Waals surface area contributed by atoms with E-state index in [1.807, 2.05) is 24.3 Å². The first kappa shape index (κ1) is 14.0. The molecule has 0 saturated carbocycles. The van der Waals surface area contributed by atoms with Gasteiger partial charge in [-0.2, -0.15) is 8.78 Å². The number of ether oxygens (including phenoxy) is 1. The summed E-state index contributed by atoms with van der Waals surface area (Å²) in [5, 5.41) is 3.09. The first-order valence-corrected chi connectivity index (χ1v) is 6.75. The van der Waals surface area contributed by atoms with Crippen molar-refractivity contribution >= 4 is 28.3 Å². The fourth-order valence-corrected chi connectivity index (χ4v) is 1.97. The van der Waals surface area contributed by atoms with Gasteiger partial charge in [-0.25, -0.2) is 0 Å². The lowest BCUT2D eigenvalue weighted by Gasteiger charge is -2.12. The number of hydrogen-bond donors (Lipinski definition) is 1. The Balaban J connectivity index is 2.04. The zero-order valence-electron chi connectivity index (χ0n) is 9.95. The Hall–Kier alpha value is -1.37. The smallest absolute Gasteiger partial charge is 0.387 e. The third-order valence-electron chi connectivity index (χ3n) is 2.50. The second-order valence-electron chi connectivity index (χ2n) is 3.85. The van der Waals surface area contributed by atoms with Crippen molar-refractivity contribution in [2.24, 2.45) is 0 Å². The molecule has 2 nitrogen and oxygen atoms in total. The maximum absolute atomic E-state index is 12.3. The minimum atomic E-state index is -2.82. The minimum absolute atomic E-state index is 0.156. The van der Waals surface area contributed by atoms with Crippen LogP contribution in [0.3, 0.4) is 0 Å². The molecule has 0 unspecified atom stereocenters. The minimum Gasteiger partial charge on any atom is -0.433 e. The first-order chi connectivity index (χ1) is 9.15. The largest absolute Gasteiger partial charge is 0.433 e. The van der Waals surface area contributed by atoms with Gasteiger partial charge in [0.25, 0.3) is 0 Å². The van der Waals surface area contributed by atoms with Crippen LogP contribution in [0.5, 0.6) is 5.75 Å². The highest BCUT2D eigenvalue weighted by atomic mass is 127. The predicted octanol–water partition coefficient (Wildman–Crippen LogP) is 4.50. The molecule has 0 radical (unpaired) electrons. The standard InChI is InChI=1S/C14H12F2INO/c15-14(16)19-13-4-2-1-3-12(13)18-9-10-5-7-11(17)8-6-10/h1-8,14,18H,9H2. The van der Waals surface area contributed by atoms with Gasteiger partial charge >= 0.3 is 6.61 Å². The third-order valence-corrected chi connectivity index (χ3v) is 3.22. The molecule has 0 saturated heterocycles. The van der Waals surface area contributed by atoms with Gasteiger partial charge in [0, 0.05) is 10.1 Å². The van der Waals surface area contributed by atoms with E-state index in [1.165, 1.54) is 6.07 Å². The van der Waals surface area contributed by atoms with Crippen molar-refractivity contribution in [3.05, 3.63) is 57.7 Å². The Morgan fingerprint density at radius 1 is 1.05 bits per heavy atom. The summed E-state index contributed by atoms with van der Waals surface area (Å²) in [6.07, 6.45) is 0. The van der Waals surface area contributed by atoms with Gasteiger partial charge in [0.15, 0.2) is 0 Å². The molecule has 2 aromatic rings. The van der Waals surface area contributed by atoms with Crippen LogP contribution >= 0.6 is 22.6 Å². The summed E-state index contributed by atoms with van der Waals surface area (Å²) >= 11 is 2.23. The number of rotatable bonds is 5. The zero-order chi connectivity index (χ0) is 13.7. The summed E-state index contributed by atoms with van der Waals surface area (Å²) in [7, 11) is 0. The van der Waals surface area contributed by atoms with Crippen molar-refractivity contribution in [1.29, 1.82) is 0 Å². The fraction of sp³-hybridized carbons (Fsp3) is 0.143.